The zero-order valence-electron chi connectivity index (χ0n) is 13.8. The number of aromatic nitrogens is 1. The van der Waals surface area contributed by atoms with E-state index in [1.807, 2.05) is 0 Å². The number of hydrogen-bond acceptors (Lipinski definition) is 6. The summed E-state index contributed by atoms with van der Waals surface area (Å²) in [7, 11) is -1.21. The zero-order valence-corrected chi connectivity index (χ0v) is 15.5. The molecule has 5 nitrogen and oxygen atoms in total. The lowest BCUT2D eigenvalue weighted by Crippen LogP contribution is -2.38. The molecular formula is C15H26N2O3S2. The van der Waals surface area contributed by atoms with E-state index in [0.29, 0.717) is 25.3 Å². The van der Waals surface area contributed by atoms with Crippen LogP contribution in [0, 0.1) is 0 Å². The van der Waals surface area contributed by atoms with Crippen molar-refractivity contribution in [2.75, 3.05) is 31.8 Å². The molecule has 0 bridgehead atoms. The second-order valence-corrected chi connectivity index (χ2v) is 10.0. The SMILES string of the molecule is COCCN(Cc1csc(C(C)(C)C)n1)[C@@H]1CCS(=O)(=O)C1. The van der Waals surface area contributed by atoms with Crippen molar-refractivity contribution >= 4 is 21.2 Å². The van der Waals surface area contributed by atoms with Gasteiger partial charge < -0.3 is 4.74 Å². The van der Waals surface area contributed by atoms with Gasteiger partial charge in [-0.15, -0.1) is 11.3 Å². The van der Waals surface area contributed by atoms with Crippen molar-refractivity contribution in [3.63, 3.8) is 0 Å². The fourth-order valence-corrected chi connectivity index (χ4v) is 5.25. The lowest BCUT2D eigenvalue weighted by atomic mass is 9.98. The highest BCUT2D eigenvalue weighted by molar-refractivity contribution is 7.91. The number of rotatable bonds is 6. The van der Waals surface area contributed by atoms with Gasteiger partial charge >= 0.3 is 0 Å². The Balaban J connectivity index is 2.08. The molecule has 0 aliphatic carbocycles. The monoisotopic (exact) mass is 346 g/mol. The second-order valence-electron chi connectivity index (χ2n) is 6.91. The van der Waals surface area contributed by atoms with Crippen molar-refractivity contribution < 1.29 is 13.2 Å². The molecule has 2 heterocycles. The number of hydrogen-bond donors (Lipinski definition) is 0. The quantitative estimate of drug-likeness (QED) is 0.789. The largest absolute Gasteiger partial charge is 0.383 e. The normalized spacial score (nSPS) is 21.6. The van der Waals surface area contributed by atoms with E-state index in [-0.39, 0.29) is 17.2 Å². The van der Waals surface area contributed by atoms with Crippen molar-refractivity contribution in [2.45, 2.75) is 45.2 Å². The summed E-state index contributed by atoms with van der Waals surface area (Å²) in [5.41, 5.74) is 1.08. The highest BCUT2D eigenvalue weighted by Crippen LogP contribution is 2.27. The summed E-state index contributed by atoms with van der Waals surface area (Å²) in [6.07, 6.45) is 0.711. The molecule has 1 aromatic heterocycles. The molecule has 0 amide bonds. The van der Waals surface area contributed by atoms with Crippen LogP contribution in [-0.2, 0) is 26.5 Å². The Morgan fingerprint density at radius 1 is 1.45 bits per heavy atom. The average molecular weight is 347 g/mol. The van der Waals surface area contributed by atoms with E-state index in [0.717, 1.165) is 17.2 Å². The van der Waals surface area contributed by atoms with Crippen molar-refractivity contribution in [2.24, 2.45) is 0 Å². The summed E-state index contributed by atoms with van der Waals surface area (Å²) in [5.74, 6) is 0.554. The number of methoxy groups -OCH3 is 1. The molecule has 1 saturated heterocycles. The maximum absolute atomic E-state index is 11.7. The van der Waals surface area contributed by atoms with Crippen molar-refractivity contribution in [1.82, 2.24) is 9.88 Å². The Morgan fingerprint density at radius 3 is 2.68 bits per heavy atom. The third-order valence-electron chi connectivity index (χ3n) is 3.87. The van der Waals surface area contributed by atoms with Gasteiger partial charge in [0.15, 0.2) is 9.84 Å². The lowest BCUT2D eigenvalue weighted by Gasteiger charge is -2.27. The van der Waals surface area contributed by atoms with Crippen LogP contribution in [0.15, 0.2) is 5.38 Å². The van der Waals surface area contributed by atoms with Gasteiger partial charge in [0.05, 0.1) is 28.8 Å². The van der Waals surface area contributed by atoms with Crippen LogP contribution >= 0.6 is 11.3 Å². The lowest BCUT2D eigenvalue weighted by molar-refractivity contribution is 0.120. The molecule has 0 saturated carbocycles. The molecule has 7 heteroatoms. The van der Waals surface area contributed by atoms with Crippen molar-refractivity contribution in [3.05, 3.63) is 16.1 Å². The third-order valence-corrected chi connectivity index (χ3v) is 6.93. The Kier molecular flexibility index (Phi) is 5.63. The van der Waals surface area contributed by atoms with Crippen LogP contribution < -0.4 is 0 Å². The van der Waals surface area contributed by atoms with Crippen molar-refractivity contribution in [1.29, 1.82) is 0 Å². The molecule has 1 atom stereocenters. The number of ether oxygens (including phenoxy) is 1. The molecule has 1 fully saturated rings. The Labute approximate surface area is 137 Å². The first-order valence-corrected chi connectivity index (χ1v) is 10.3. The average Bonchev–Trinajstić information content (AvgIpc) is 3.00. The molecular weight excluding hydrogens is 320 g/mol. The highest BCUT2D eigenvalue weighted by Gasteiger charge is 2.32. The fourth-order valence-electron chi connectivity index (χ4n) is 2.59. The van der Waals surface area contributed by atoms with E-state index in [4.69, 9.17) is 9.72 Å². The molecule has 0 aromatic carbocycles. The number of nitrogens with zero attached hydrogens (tertiary/aromatic N) is 2. The summed E-state index contributed by atoms with van der Waals surface area (Å²) in [6.45, 7) is 8.49. The van der Waals surface area contributed by atoms with E-state index >= 15 is 0 Å². The first-order chi connectivity index (χ1) is 10.2. The van der Waals surface area contributed by atoms with Gasteiger partial charge in [0.25, 0.3) is 0 Å². The Hall–Kier alpha value is -0.500. The number of sulfone groups is 1. The summed E-state index contributed by atoms with van der Waals surface area (Å²) < 4.78 is 28.6. The summed E-state index contributed by atoms with van der Waals surface area (Å²) >= 11 is 1.68. The van der Waals surface area contributed by atoms with Crippen molar-refractivity contribution in [3.8, 4) is 0 Å². The molecule has 2 rings (SSSR count). The van der Waals surface area contributed by atoms with Gasteiger partial charge in [-0.1, -0.05) is 20.8 Å². The highest BCUT2D eigenvalue weighted by atomic mass is 32.2. The van der Waals surface area contributed by atoms with Crippen LogP contribution in [0.2, 0.25) is 0 Å². The van der Waals surface area contributed by atoms with E-state index in [1.165, 1.54) is 0 Å². The van der Waals surface area contributed by atoms with Gasteiger partial charge in [0, 0.05) is 37.0 Å². The fraction of sp³-hybridized carbons (Fsp3) is 0.800. The van der Waals surface area contributed by atoms with Gasteiger partial charge in [-0.25, -0.2) is 13.4 Å². The Bertz CT molecular complexity index is 590. The van der Waals surface area contributed by atoms with Gasteiger partial charge in [0.2, 0.25) is 0 Å². The predicted octanol–water partition coefficient (Wildman–Crippen LogP) is 2.08. The molecule has 1 aliphatic heterocycles. The predicted molar refractivity (Wildman–Crippen MR) is 90.2 cm³/mol. The van der Waals surface area contributed by atoms with E-state index in [9.17, 15) is 8.42 Å². The smallest absolute Gasteiger partial charge is 0.151 e. The van der Waals surface area contributed by atoms with Crippen LogP contribution in [0.4, 0.5) is 0 Å². The molecule has 0 N–H and O–H groups in total. The minimum atomic E-state index is -2.88. The maximum Gasteiger partial charge on any atom is 0.151 e. The minimum absolute atomic E-state index is 0.0526. The van der Waals surface area contributed by atoms with Gasteiger partial charge in [-0.2, -0.15) is 0 Å². The topological polar surface area (TPSA) is 59.5 Å². The molecule has 1 aliphatic rings. The molecule has 0 unspecified atom stereocenters. The van der Waals surface area contributed by atoms with E-state index in [2.05, 4.69) is 31.1 Å². The van der Waals surface area contributed by atoms with Gasteiger partial charge in [-0.05, 0) is 6.42 Å². The van der Waals surface area contributed by atoms with E-state index < -0.39 is 9.84 Å². The van der Waals surface area contributed by atoms with E-state index in [1.54, 1.807) is 18.4 Å². The standard InChI is InChI=1S/C15H26N2O3S2/c1-15(2,3)14-16-12(10-21-14)9-17(6-7-20-4)13-5-8-22(18,19)11-13/h10,13H,5-9,11H2,1-4H3/t13-/m1/s1. The van der Waals surface area contributed by atoms with Gasteiger partial charge in [0.1, 0.15) is 0 Å². The summed E-state index contributed by atoms with van der Waals surface area (Å²) in [4.78, 5) is 6.93. The van der Waals surface area contributed by atoms with Crippen LogP contribution in [0.1, 0.15) is 37.9 Å². The first kappa shape index (κ1) is 17.8. The van der Waals surface area contributed by atoms with Crippen LogP contribution in [0.5, 0.6) is 0 Å². The Morgan fingerprint density at radius 2 is 2.18 bits per heavy atom. The van der Waals surface area contributed by atoms with Crippen LogP contribution in [-0.4, -0.2) is 56.1 Å². The molecule has 0 radical (unpaired) electrons. The molecule has 126 valence electrons. The first-order valence-electron chi connectivity index (χ1n) is 7.59. The maximum atomic E-state index is 11.7. The molecule has 1 aromatic rings. The zero-order chi connectivity index (χ0) is 16.4. The summed E-state index contributed by atoms with van der Waals surface area (Å²) in [5, 5.41) is 3.21. The van der Waals surface area contributed by atoms with Crippen LogP contribution in [0.25, 0.3) is 0 Å². The number of thiazole rings is 1. The third kappa shape index (κ3) is 4.75. The minimum Gasteiger partial charge on any atom is -0.383 e. The second kappa shape index (κ2) is 6.95. The van der Waals surface area contributed by atoms with Crippen LogP contribution in [0.3, 0.4) is 0 Å². The summed E-state index contributed by atoms with van der Waals surface area (Å²) in [6, 6.07) is 0.0833. The van der Waals surface area contributed by atoms with Gasteiger partial charge in [-0.3, -0.25) is 4.90 Å². The molecule has 22 heavy (non-hydrogen) atoms. The molecule has 0 spiro atoms.